The van der Waals surface area contributed by atoms with Crippen LogP contribution in [0.25, 0.3) is 11.1 Å². The summed E-state index contributed by atoms with van der Waals surface area (Å²) in [5.41, 5.74) is 2.17. The molecule has 0 aromatic heterocycles. The molecule has 1 aliphatic rings. The Morgan fingerprint density at radius 2 is 1.71 bits per heavy atom. The van der Waals surface area contributed by atoms with E-state index in [0.717, 1.165) is 28.2 Å². The average molecular weight is 341 g/mol. The number of benzene rings is 2. The van der Waals surface area contributed by atoms with E-state index in [2.05, 4.69) is 18.2 Å². The Morgan fingerprint density at radius 1 is 1.08 bits per heavy atom. The van der Waals surface area contributed by atoms with Gasteiger partial charge in [0.25, 0.3) is 5.91 Å². The fourth-order valence-electron chi connectivity index (χ4n) is 3.16. The molecule has 1 aliphatic heterocycles. The van der Waals surface area contributed by atoms with Crippen molar-refractivity contribution in [2.24, 2.45) is 0 Å². The molecule has 3 rings (SSSR count). The van der Waals surface area contributed by atoms with Crippen molar-refractivity contribution in [1.82, 2.24) is 4.90 Å². The number of likely N-dealkylation sites (N-methyl/N-ethyl adjacent to an activating group) is 1. The van der Waals surface area contributed by atoms with E-state index in [0.29, 0.717) is 19.4 Å². The smallest absolute Gasteiger partial charge is 0.254 e. The van der Waals surface area contributed by atoms with E-state index in [1.54, 1.807) is 23.7 Å². The Hall–Kier alpha value is -1.78. The fraction of sp³-hybridized carbons (Fsp3) is 0.350. The van der Waals surface area contributed by atoms with Gasteiger partial charge in [0.2, 0.25) is 0 Å². The number of carbonyl (C=O) groups excluding carboxylic acids is 1. The van der Waals surface area contributed by atoms with Crippen molar-refractivity contribution in [3.63, 3.8) is 0 Å². The number of hydrogen-bond acceptors (Lipinski definition) is 3. The number of carbonyl (C=O) groups is 1. The molecule has 3 nitrogen and oxygen atoms in total. The highest BCUT2D eigenvalue weighted by atomic mass is 32.2. The van der Waals surface area contributed by atoms with E-state index in [1.165, 1.54) is 0 Å². The number of nitrogens with zero attached hydrogens (tertiary/aromatic N) is 1. The molecule has 4 heteroatoms. The molecule has 1 heterocycles. The summed E-state index contributed by atoms with van der Waals surface area (Å²) in [6.45, 7) is 0.499. The predicted molar refractivity (Wildman–Crippen MR) is 99.9 cm³/mol. The van der Waals surface area contributed by atoms with Crippen LogP contribution in [-0.2, 0) is 11.3 Å². The van der Waals surface area contributed by atoms with Crippen LogP contribution >= 0.6 is 11.8 Å². The SMILES string of the molecule is CN(Cc1ccccc1-c1ccccc1)C(=O)C1(O)CCSCC1. The van der Waals surface area contributed by atoms with Crippen LogP contribution in [0.4, 0.5) is 0 Å². The van der Waals surface area contributed by atoms with Crippen molar-refractivity contribution in [2.75, 3.05) is 18.6 Å². The van der Waals surface area contributed by atoms with Crippen LogP contribution in [0.2, 0.25) is 0 Å². The van der Waals surface area contributed by atoms with Gasteiger partial charge in [-0.25, -0.2) is 0 Å². The number of hydrogen-bond donors (Lipinski definition) is 1. The summed E-state index contributed by atoms with van der Waals surface area (Å²) < 4.78 is 0. The standard InChI is InChI=1S/C20H23NO2S/c1-21(19(22)20(23)11-13-24-14-12-20)15-17-9-5-6-10-18(17)16-7-3-2-4-8-16/h2-10,23H,11-15H2,1H3. The van der Waals surface area contributed by atoms with Gasteiger partial charge in [0.05, 0.1) is 0 Å². The first kappa shape index (κ1) is 17.1. The Balaban J connectivity index is 1.80. The van der Waals surface area contributed by atoms with Gasteiger partial charge in [0.1, 0.15) is 5.60 Å². The average Bonchev–Trinajstić information content (AvgIpc) is 2.63. The first-order valence-electron chi connectivity index (χ1n) is 8.29. The highest BCUT2D eigenvalue weighted by Gasteiger charge is 2.39. The Labute approximate surface area is 147 Å². The summed E-state index contributed by atoms with van der Waals surface area (Å²) >= 11 is 1.80. The van der Waals surface area contributed by atoms with Crippen LogP contribution in [0.1, 0.15) is 18.4 Å². The van der Waals surface area contributed by atoms with Crippen molar-refractivity contribution in [3.05, 3.63) is 60.2 Å². The maximum absolute atomic E-state index is 12.7. The maximum Gasteiger partial charge on any atom is 0.254 e. The zero-order valence-corrected chi connectivity index (χ0v) is 14.8. The summed E-state index contributed by atoms with van der Waals surface area (Å²) in [5.74, 6) is 1.53. The van der Waals surface area contributed by atoms with Gasteiger partial charge in [-0.1, -0.05) is 54.6 Å². The monoisotopic (exact) mass is 341 g/mol. The number of rotatable bonds is 4. The molecule has 24 heavy (non-hydrogen) atoms. The van der Waals surface area contributed by atoms with Gasteiger partial charge in [-0.05, 0) is 41.0 Å². The molecule has 2 aromatic rings. The molecule has 1 amide bonds. The van der Waals surface area contributed by atoms with Crippen molar-refractivity contribution in [1.29, 1.82) is 0 Å². The van der Waals surface area contributed by atoms with Gasteiger partial charge in [-0.15, -0.1) is 0 Å². The molecule has 0 atom stereocenters. The molecule has 0 unspecified atom stereocenters. The lowest BCUT2D eigenvalue weighted by atomic mass is 9.94. The molecule has 0 spiro atoms. The summed E-state index contributed by atoms with van der Waals surface area (Å²) in [5, 5.41) is 10.7. The first-order chi connectivity index (χ1) is 11.6. The fourth-order valence-corrected chi connectivity index (χ4v) is 4.33. The minimum absolute atomic E-state index is 0.161. The molecule has 0 aliphatic carbocycles. The zero-order chi connectivity index (χ0) is 17.0. The minimum atomic E-state index is -1.19. The second kappa shape index (κ2) is 7.41. The Kier molecular flexibility index (Phi) is 5.27. The number of thioether (sulfide) groups is 1. The van der Waals surface area contributed by atoms with Crippen LogP contribution in [0.15, 0.2) is 54.6 Å². The molecule has 1 N–H and O–H groups in total. The predicted octanol–water partition coefficient (Wildman–Crippen LogP) is 3.57. The molecular formula is C20H23NO2S. The Morgan fingerprint density at radius 3 is 2.42 bits per heavy atom. The number of aliphatic hydroxyl groups is 1. The quantitative estimate of drug-likeness (QED) is 0.924. The van der Waals surface area contributed by atoms with E-state index < -0.39 is 5.60 Å². The largest absolute Gasteiger partial charge is 0.380 e. The second-order valence-corrected chi connectivity index (χ2v) is 7.55. The van der Waals surface area contributed by atoms with Crippen molar-refractivity contribution in [3.8, 4) is 11.1 Å². The maximum atomic E-state index is 12.7. The summed E-state index contributed by atoms with van der Waals surface area (Å²) in [7, 11) is 1.78. The van der Waals surface area contributed by atoms with Crippen LogP contribution in [0.3, 0.4) is 0 Å². The third-order valence-electron chi connectivity index (χ3n) is 4.57. The molecule has 2 aromatic carbocycles. The van der Waals surface area contributed by atoms with Crippen molar-refractivity contribution >= 4 is 17.7 Å². The highest BCUT2D eigenvalue weighted by Crippen LogP contribution is 2.30. The van der Waals surface area contributed by atoms with Gasteiger partial charge in [0.15, 0.2) is 0 Å². The third kappa shape index (κ3) is 3.65. The van der Waals surface area contributed by atoms with Gasteiger partial charge in [0, 0.05) is 13.6 Å². The molecular weight excluding hydrogens is 318 g/mol. The van der Waals surface area contributed by atoms with Crippen LogP contribution in [0, 0.1) is 0 Å². The zero-order valence-electron chi connectivity index (χ0n) is 13.9. The highest BCUT2D eigenvalue weighted by molar-refractivity contribution is 7.99. The summed E-state index contributed by atoms with van der Waals surface area (Å²) in [6, 6.07) is 18.3. The van der Waals surface area contributed by atoms with E-state index >= 15 is 0 Å². The van der Waals surface area contributed by atoms with E-state index in [1.807, 2.05) is 36.4 Å². The van der Waals surface area contributed by atoms with Gasteiger partial charge in [-0.3, -0.25) is 4.79 Å². The molecule has 0 bridgehead atoms. The van der Waals surface area contributed by atoms with E-state index in [4.69, 9.17) is 0 Å². The molecule has 126 valence electrons. The Bertz CT molecular complexity index is 696. The first-order valence-corrected chi connectivity index (χ1v) is 9.45. The second-order valence-electron chi connectivity index (χ2n) is 6.33. The molecule has 1 saturated heterocycles. The van der Waals surface area contributed by atoms with E-state index in [9.17, 15) is 9.90 Å². The summed E-state index contributed by atoms with van der Waals surface area (Å²) in [4.78, 5) is 14.4. The molecule has 1 fully saturated rings. The van der Waals surface area contributed by atoms with Crippen molar-refractivity contribution in [2.45, 2.75) is 25.0 Å². The molecule has 0 radical (unpaired) electrons. The van der Waals surface area contributed by atoms with Crippen molar-refractivity contribution < 1.29 is 9.90 Å². The lowest BCUT2D eigenvalue weighted by molar-refractivity contribution is -0.151. The van der Waals surface area contributed by atoms with E-state index in [-0.39, 0.29) is 5.91 Å². The van der Waals surface area contributed by atoms with Gasteiger partial charge < -0.3 is 10.0 Å². The van der Waals surface area contributed by atoms with Crippen LogP contribution < -0.4 is 0 Å². The summed E-state index contributed by atoms with van der Waals surface area (Å²) in [6.07, 6.45) is 1.09. The topological polar surface area (TPSA) is 40.5 Å². The lowest BCUT2D eigenvalue weighted by Crippen LogP contribution is -2.49. The minimum Gasteiger partial charge on any atom is -0.380 e. The van der Waals surface area contributed by atoms with Crippen LogP contribution in [-0.4, -0.2) is 40.1 Å². The third-order valence-corrected chi connectivity index (χ3v) is 5.56. The lowest BCUT2D eigenvalue weighted by Gasteiger charge is -2.34. The molecule has 0 saturated carbocycles. The van der Waals surface area contributed by atoms with Gasteiger partial charge in [-0.2, -0.15) is 11.8 Å². The number of amides is 1. The van der Waals surface area contributed by atoms with Crippen LogP contribution in [0.5, 0.6) is 0 Å². The van der Waals surface area contributed by atoms with Gasteiger partial charge >= 0.3 is 0 Å². The normalized spacial score (nSPS) is 16.6.